The number of esters is 1. The third-order valence-electron chi connectivity index (χ3n) is 8.45. The Bertz CT molecular complexity index is 2030. The van der Waals surface area contributed by atoms with Gasteiger partial charge in [-0.05, 0) is 41.0 Å². The van der Waals surface area contributed by atoms with Gasteiger partial charge in [0.05, 0.1) is 43.0 Å². The number of carbonyl (C=O) groups excluding carboxylic acids is 3. The van der Waals surface area contributed by atoms with Gasteiger partial charge in [0.1, 0.15) is 12.2 Å². The highest BCUT2D eigenvalue weighted by Gasteiger charge is 2.51. The third kappa shape index (κ3) is 6.95. The molecule has 0 saturated carbocycles. The molecule has 0 radical (unpaired) electrons. The minimum Gasteiger partial charge on any atom is -0.465 e. The second kappa shape index (κ2) is 14.2. The maximum Gasteiger partial charge on any atom is 0.512 e. The lowest BCUT2D eigenvalue weighted by Gasteiger charge is -2.26. The molecule has 0 spiro atoms. The van der Waals surface area contributed by atoms with E-state index >= 15 is 0 Å². The van der Waals surface area contributed by atoms with E-state index in [4.69, 9.17) is 33.2 Å². The van der Waals surface area contributed by atoms with Crippen LogP contribution in [0, 0.1) is 0 Å². The number of benzene rings is 3. The molecule has 7 rings (SSSR count). The molecule has 4 atom stereocenters. The van der Waals surface area contributed by atoms with Gasteiger partial charge in [-0.1, -0.05) is 54.6 Å². The molecule has 2 aromatic heterocycles. The largest absolute Gasteiger partial charge is 0.512 e. The molecule has 0 amide bonds. The number of fused-ring (bicyclic) bond motifs is 2. The number of aromatic nitrogens is 6. The molecular formula is C35H34N6O10. The average molecular weight is 699 g/mol. The first kappa shape index (κ1) is 33.6. The van der Waals surface area contributed by atoms with Crippen molar-refractivity contribution >= 4 is 29.6 Å². The van der Waals surface area contributed by atoms with Crippen molar-refractivity contribution in [3.63, 3.8) is 0 Å². The van der Waals surface area contributed by atoms with Crippen LogP contribution < -0.4 is 4.74 Å². The quantitative estimate of drug-likeness (QED) is 0.0849. The Balaban J connectivity index is 1.08. The molecule has 264 valence electrons. The molecule has 5 aromatic rings. The summed E-state index contributed by atoms with van der Waals surface area (Å²) in [7, 11) is 0. The lowest BCUT2D eigenvalue weighted by atomic mass is 9.98. The summed E-state index contributed by atoms with van der Waals surface area (Å²) < 4.78 is 40.5. The molecule has 2 fully saturated rings. The summed E-state index contributed by atoms with van der Waals surface area (Å²) in [5.74, 6) is -1.99. The SMILES string of the molecule is CCOc1nc2cccc(C(=O)OC(C)(C)OC(=O)O[C@@H]3CO[C@H]4[C@@H]3OC[C@H]4OC=O)c2n1Cc1ccc(-c2ccccc2-c2nn[nH]n2)cc1. The lowest BCUT2D eigenvalue weighted by molar-refractivity contribution is -0.162. The van der Waals surface area contributed by atoms with Crippen LogP contribution >= 0.6 is 0 Å². The Labute approximate surface area is 290 Å². The van der Waals surface area contributed by atoms with Crippen LogP contribution in [0.15, 0.2) is 66.7 Å². The zero-order valence-electron chi connectivity index (χ0n) is 27.9. The predicted octanol–water partition coefficient (Wildman–Crippen LogP) is 4.08. The van der Waals surface area contributed by atoms with Gasteiger partial charge in [-0.25, -0.2) is 9.59 Å². The number of H-pyrrole nitrogens is 1. The number of para-hydroxylation sites is 1. The van der Waals surface area contributed by atoms with Gasteiger partial charge in [-0.15, -0.1) is 10.2 Å². The monoisotopic (exact) mass is 698 g/mol. The van der Waals surface area contributed by atoms with Gasteiger partial charge < -0.3 is 33.2 Å². The molecule has 1 N–H and O–H groups in total. The molecule has 51 heavy (non-hydrogen) atoms. The molecule has 0 unspecified atom stereocenters. The molecule has 0 bridgehead atoms. The maximum atomic E-state index is 13.7. The number of nitrogens with zero attached hydrogens (tertiary/aromatic N) is 5. The van der Waals surface area contributed by atoms with Crippen molar-refractivity contribution in [1.29, 1.82) is 0 Å². The van der Waals surface area contributed by atoms with Gasteiger partial charge in [0.2, 0.25) is 5.82 Å². The Morgan fingerprint density at radius 1 is 0.961 bits per heavy atom. The highest BCUT2D eigenvalue weighted by molar-refractivity contribution is 6.02. The van der Waals surface area contributed by atoms with E-state index in [1.807, 2.05) is 55.5 Å². The number of nitrogens with one attached hydrogen (secondary N) is 1. The van der Waals surface area contributed by atoms with Gasteiger partial charge in [-0.2, -0.15) is 10.2 Å². The summed E-state index contributed by atoms with van der Waals surface area (Å²) in [5, 5.41) is 14.4. The highest BCUT2D eigenvalue weighted by Crippen LogP contribution is 2.33. The fourth-order valence-electron chi connectivity index (χ4n) is 6.26. The van der Waals surface area contributed by atoms with Crippen molar-refractivity contribution in [2.75, 3.05) is 19.8 Å². The number of aromatic amines is 1. The van der Waals surface area contributed by atoms with Crippen molar-refractivity contribution in [2.24, 2.45) is 0 Å². The van der Waals surface area contributed by atoms with Crippen molar-refractivity contribution < 1.29 is 47.5 Å². The van der Waals surface area contributed by atoms with Crippen LogP contribution in [0.4, 0.5) is 4.79 Å². The van der Waals surface area contributed by atoms with Crippen LogP contribution in [-0.4, -0.2) is 98.8 Å². The van der Waals surface area contributed by atoms with Crippen LogP contribution in [0.3, 0.4) is 0 Å². The average Bonchev–Trinajstić information content (AvgIpc) is 3.92. The van der Waals surface area contributed by atoms with Gasteiger partial charge in [0.25, 0.3) is 18.3 Å². The zero-order valence-corrected chi connectivity index (χ0v) is 27.9. The molecule has 0 aliphatic carbocycles. The second-order valence-corrected chi connectivity index (χ2v) is 12.2. The number of hydrogen-bond donors (Lipinski definition) is 1. The number of carbonyl (C=O) groups is 3. The highest BCUT2D eigenvalue weighted by atomic mass is 16.8. The predicted molar refractivity (Wildman–Crippen MR) is 176 cm³/mol. The fourth-order valence-corrected chi connectivity index (χ4v) is 6.26. The lowest BCUT2D eigenvalue weighted by Crippen LogP contribution is -2.38. The van der Waals surface area contributed by atoms with Crippen LogP contribution in [0.2, 0.25) is 0 Å². The van der Waals surface area contributed by atoms with E-state index in [0.29, 0.717) is 42.5 Å². The van der Waals surface area contributed by atoms with Crippen LogP contribution in [0.5, 0.6) is 6.01 Å². The van der Waals surface area contributed by atoms with Gasteiger partial charge >= 0.3 is 12.1 Å². The third-order valence-corrected chi connectivity index (χ3v) is 8.45. The van der Waals surface area contributed by atoms with Crippen molar-refractivity contribution in [2.45, 2.75) is 57.5 Å². The van der Waals surface area contributed by atoms with Gasteiger partial charge in [-0.3, -0.25) is 9.36 Å². The Morgan fingerprint density at radius 3 is 2.43 bits per heavy atom. The number of rotatable bonds is 12. The number of hydrogen-bond acceptors (Lipinski definition) is 14. The smallest absolute Gasteiger partial charge is 0.465 e. The summed E-state index contributed by atoms with van der Waals surface area (Å²) in [6.45, 7) is 5.81. The summed E-state index contributed by atoms with van der Waals surface area (Å²) in [6.07, 6.45) is -3.68. The zero-order chi connectivity index (χ0) is 35.5. The van der Waals surface area contributed by atoms with E-state index in [-0.39, 0.29) is 18.8 Å². The molecule has 16 nitrogen and oxygen atoms in total. The number of tetrazole rings is 1. The summed E-state index contributed by atoms with van der Waals surface area (Å²) >= 11 is 0. The van der Waals surface area contributed by atoms with Crippen molar-refractivity contribution in [3.05, 3.63) is 77.9 Å². The van der Waals surface area contributed by atoms with E-state index in [2.05, 4.69) is 25.6 Å². The topological polar surface area (TPSA) is 188 Å². The van der Waals surface area contributed by atoms with E-state index in [1.54, 1.807) is 22.8 Å². The number of ether oxygens (including phenoxy) is 7. The molecule has 2 aliphatic rings. The van der Waals surface area contributed by atoms with E-state index in [9.17, 15) is 14.4 Å². The standard InChI is InChI=1S/C35H34N6O10/c1-4-45-33-36-25-11-7-10-24(32(43)50-35(2,3)51-34(44)49-27-18-47-29-26(48-19-42)17-46-30(27)29)28(25)41(33)16-20-12-14-21(15-13-20)22-8-5-6-9-23(22)31-37-39-40-38-31/h5-15,19,26-27,29-30H,4,16-18H2,1-3H3,(H,37,38,39,40)/t26-,27-,29-,30-/m1/s1. The van der Waals surface area contributed by atoms with Crippen molar-refractivity contribution in [1.82, 2.24) is 30.2 Å². The molecule has 4 heterocycles. The van der Waals surface area contributed by atoms with Crippen LogP contribution in [-0.2, 0) is 39.8 Å². The minimum absolute atomic E-state index is 0.0216. The minimum atomic E-state index is -1.73. The first-order valence-electron chi connectivity index (χ1n) is 16.2. The van der Waals surface area contributed by atoms with Gasteiger partial charge in [0.15, 0.2) is 12.2 Å². The summed E-state index contributed by atoms with van der Waals surface area (Å²) in [5.41, 5.74) is 4.84. The summed E-state index contributed by atoms with van der Waals surface area (Å²) in [4.78, 5) is 41.9. The number of imidazole rings is 1. The first-order chi connectivity index (χ1) is 24.7. The Kier molecular flexibility index (Phi) is 9.34. The van der Waals surface area contributed by atoms with E-state index in [1.165, 1.54) is 13.8 Å². The van der Waals surface area contributed by atoms with Crippen LogP contribution in [0.1, 0.15) is 36.7 Å². The second-order valence-electron chi connectivity index (χ2n) is 12.2. The molecule has 2 saturated heterocycles. The van der Waals surface area contributed by atoms with Crippen molar-refractivity contribution in [3.8, 4) is 28.5 Å². The summed E-state index contributed by atoms with van der Waals surface area (Å²) in [6, 6.07) is 21.1. The molecular weight excluding hydrogens is 664 g/mol. The first-order valence-corrected chi connectivity index (χ1v) is 16.2. The Hall–Kier alpha value is -5.87. The maximum absolute atomic E-state index is 13.7. The molecule has 2 aliphatic heterocycles. The molecule has 16 heteroatoms. The normalized spacial score (nSPS) is 19.7. The van der Waals surface area contributed by atoms with Gasteiger partial charge in [0, 0.05) is 19.4 Å². The molecule has 3 aromatic carbocycles. The van der Waals surface area contributed by atoms with Crippen LogP contribution in [0.25, 0.3) is 33.5 Å². The van der Waals surface area contributed by atoms with E-state index < -0.39 is 42.3 Å². The van der Waals surface area contributed by atoms with E-state index in [0.717, 1.165) is 22.3 Å². The fraction of sp³-hybridized carbons (Fsp3) is 0.343. The Morgan fingerprint density at radius 2 is 1.71 bits per heavy atom.